The van der Waals surface area contributed by atoms with Crippen molar-refractivity contribution in [1.82, 2.24) is 15.5 Å². The fourth-order valence-corrected chi connectivity index (χ4v) is 4.42. The summed E-state index contributed by atoms with van der Waals surface area (Å²) in [7, 11) is 0. The molecule has 6 nitrogen and oxygen atoms in total. The largest absolute Gasteiger partial charge is 0.338 e. The van der Waals surface area contributed by atoms with Crippen LogP contribution in [0.2, 0.25) is 0 Å². The molecule has 2 unspecified atom stereocenters. The van der Waals surface area contributed by atoms with Crippen LogP contribution < -0.4 is 16.0 Å². The Kier molecular flexibility index (Phi) is 7.71. The second kappa shape index (κ2) is 10.5. The molecule has 0 aromatic heterocycles. The monoisotopic (exact) mass is 386 g/mol. The number of rotatable bonds is 6. The first kappa shape index (κ1) is 20.6. The summed E-state index contributed by atoms with van der Waals surface area (Å²) in [6, 6.07) is 9.30. The molecule has 2 fully saturated rings. The van der Waals surface area contributed by atoms with Crippen molar-refractivity contribution in [2.45, 2.75) is 51.5 Å². The van der Waals surface area contributed by atoms with Crippen LogP contribution in [0.15, 0.2) is 30.3 Å². The maximum atomic E-state index is 13.0. The van der Waals surface area contributed by atoms with E-state index in [1.54, 1.807) is 0 Å². The van der Waals surface area contributed by atoms with E-state index < -0.39 is 0 Å². The first-order chi connectivity index (χ1) is 13.6. The van der Waals surface area contributed by atoms with Crippen LogP contribution in [0, 0.1) is 11.8 Å². The Bertz CT molecular complexity index is 631. The van der Waals surface area contributed by atoms with Gasteiger partial charge in [-0.25, -0.2) is 4.79 Å². The summed E-state index contributed by atoms with van der Waals surface area (Å²) in [5.74, 6) is 1.32. The molecule has 1 aromatic rings. The third-order valence-electron chi connectivity index (χ3n) is 6.16. The minimum atomic E-state index is -0.216. The topological polar surface area (TPSA) is 73.5 Å². The third kappa shape index (κ3) is 5.96. The lowest BCUT2D eigenvalue weighted by atomic mass is 9.83. The summed E-state index contributed by atoms with van der Waals surface area (Å²) in [6.07, 6.45) is 6.08. The Morgan fingerprint density at radius 1 is 1.14 bits per heavy atom. The molecule has 2 heterocycles. The molecule has 0 aliphatic carbocycles. The summed E-state index contributed by atoms with van der Waals surface area (Å²) >= 11 is 0. The Balaban J connectivity index is 1.48. The van der Waals surface area contributed by atoms with Crippen molar-refractivity contribution < 1.29 is 9.59 Å². The number of hydrogen-bond donors (Lipinski definition) is 3. The van der Waals surface area contributed by atoms with Crippen LogP contribution >= 0.6 is 0 Å². The van der Waals surface area contributed by atoms with Crippen LogP contribution in [0.5, 0.6) is 0 Å². The smallest absolute Gasteiger partial charge is 0.319 e. The highest BCUT2D eigenvalue weighted by molar-refractivity contribution is 5.89. The van der Waals surface area contributed by atoms with E-state index in [9.17, 15) is 9.59 Å². The number of carbonyl (C=O) groups is 2. The van der Waals surface area contributed by atoms with Crippen LogP contribution in [-0.4, -0.2) is 49.1 Å². The second-order valence-electron chi connectivity index (χ2n) is 8.21. The number of carbonyl (C=O) groups excluding carboxylic acids is 2. The molecular weight excluding hydrogens is 352 g/mol. The molecule has 2 aliphatic heterocycles. The van der Waals surface area contributed by atoms with E-state index in [4.69, 9.17) is 0 Å². The zero-order chi connectivity index (χ0) is 19.8. The molecule has 6 heteroatoms. The summed E-state index contributed by atoms with van der Waals surface area (Å²) in [6.45, 7) is 5.67. The molecule has 3 rings (SSSR count). The van der Waals surface area contributed by atoms with E-state index in [1.165, 1.54) is 12.8 Å². The van der Waals surface area contributed by atoms with Gasteiger partial charge in [0.25, 0.3) is 0 Å². The van der Waals surface area contributed by atoms with Crippen LogP contribution in [0.4, 0.5) is 10.5 Å². The number of likely N-dealkylation sites (tertiary alicyclic amines) is 1. The van der Waals surface area contributed by atoms with E-state index in [-0.39, 0.29) is 18.0 Å². The SMILES string of the molecule is CC(CC(=O)N1CCCCC1CNC(=O)Nc1ccccc1)C1CCNCC1. The Morgan fingerprint density at radius 2 is 1.89 bits per heavy atom. The van der Waals surface area contributed by atoms with Crippen molar-refractivity contribution >= 4 is 17.6 Å². The normalized spacial score (nSPS) is 21.8. The Labute approximate surface area is 168 Å². The fraction of sp³-hybridized carbons (Fsp3) is 0.636. The molecule has 28 heavy (non-hydrogen) atoms. The number of amides is 3. The van der Waals surface area contributed by atoms with E-state index in [0.717, 1.165) is 44.6 Å². The summed E-state index contributed by atoms with van der Waals surface area (Å²) < 4.78 is 0. The van der Waals surface area contributed by atoms with Crippen LogP contribution in [-0.2, 0) is 4.79 Å². The molecule has 3 amide bonds. The van der Waals surface area contributed by atoms with Gasteiger partial charge in [0.05, 0.1) is 0 Å². The van der Waals surface area contributed by atoms with E-state index in [1.807, 2.05) is 35.2 Å². The van der Waals surface area contributed by atoms with Gasteiger partial charge in [-0.2, -0.15) is 0 Å². The van der Waals surface area contributed by atoms with Gasteiger partial charge in [-0.15, -0.1) is 0 Å². The number of anilines is 1. The molecule has 2 aliphatic rings. The van der Waals surface area contributed by atoms with Crippen LogP contribution in [0.1, 0.15) is 45.4 Å². The molecule has 154 valence electrons. The van der Waals surface area contributed by atoms with Gasteiger partial charge in [0.1, 0.15) is 0 Å². The van der Waals surface area contributed by atoms with Gasteiger partial charge in [0.15, 0.2) is 0 Å². The quantitative estimate of drug-likeness (QED) is 0.703. The Hall–Kier alpha value is -2.08. The number of nitrogens with one attached hydrogen (secondary N) is 3. The van der Waals surface area contributed by atoms with E-state index >= 15 is 0 Å². The van der Waals surface area contributed by atoms with Crippen molar-refractivity contribution in [3.63, 3.8) is 0 Å². The van der Waals surface area contributed by atoms with Crippen LogP contribution in [0.3, 0.4) is 0 Å². The van der Waals surface area contributed by atoms with E-state index in [2.05, 4.69) is 22.9 Å². The lowest BCUT2D eigenvalue weighted by Gasteiger charge is -2.37. The molecule has 0 saturated carbocycles. The first-order valence-electron chi connectivity index (χ1n) is 10.7. The van der Waals surface area contributed by atoms with Gasteiger partial charge in [0.2, 0.25) is 5.91 Å². The minimum absolute atomic E-state index is 0.1000. The summed E-state index contributed by atoms with van der Waals surface area (Å²) in [5, 5.41) is 9.19. The number of piperidine rings is 2. The highest BCUT2D eigenvalue weighted by atomic mass is 16.2. The van der Waals surface area contributed by atoms with Gasteiger partial charge in [-0.3, -0.25) is 4.79 Å². The molecule has 0 radical (unpaired) electrons. The lowest BCUT2D eigenvalue weighted by Crippen LogP contribution is -2.50. The molecule has 3 N–H and O–H groups in total. The molecule has 1 aromatic carbocycles. The maximum Gasteiger partial charge on any atom is 0.319 e. The van der Waals surface area contributed by atoms with Crippen molar-refractivity contribution in [1.29, 1.82) is 0 Å². The van der Waals surface area contributed by atoms with Gasteiger partial charge in [-0.1, -0.05) is 25.1 Å². The first-order valence-corrected chi connectivity index (χ1v) is 10.7. The number of urea groups is 1. The number of para-hydroxylation sites is 1. The average Bonchev–Trinajstić information content (AvgIpc) is 2.73. The van der Waals surface area contributed by atoms with Crippen molar-refractivity contribution in [3.8, 4) is 0 Å². The van der Waals surface area contributed by atoms with Crippen LogP contribution in [0.25, 0.3) is 0 Å². The summed E-state index contributed by atoms with van der Waals surface area (Å²) in [4.78, 5) is 27.2. The minimum Gasteiger partial charge on any atom is -0.338 e. The zero-order valence-corrected chi connectivity index (χ0v) is 17.0. The summed E-state index contributed by atoms with van der Waals surface area (Å²) in [5.41, 5.74) is 0.771. The highest BCUT2D eigenvalue weighted by Crippen LogP contribution is 2.26. The maximum absolute atomic E-state index is 13.0. The Morgan fingerprint density at radius 3 is 2.64 bits per heavy atom. The van der Waals surface area contributed by atoms with Crippen molar-refractivity contribution in [2.24, 2.45) is 11.8 Å². The molecule has 2 atom stereocenters. The average molecular weight is 387 g/mol. The molecular formula is C22H34N4O2. The third-order valence-corrected chi connectivity index (χ3v) is 6.16. The van der Waals surface area contributed by atoms with Gasteiger partial charge >= 0.3 is 6.03 Å². The van der Waals surface area contributed by atoms with Gasteiger partial charge < -0.3 is 20.9 Å². The molecule has 0 spiro atoms. The van der Waals surface area contributed by atoms with Crippen molar-refractivity contribution in [3.05, 3.63) is 30.3 Å². The number of nitrogens with zero attached hydrogens (tertiary/aromatic N) is 1. The predicted molar refractivity (Wildman–Crippen MR) is 112 cm³/mol. The second-order valence-corrected chi connectivity index (χ2v) is 8.21. The zero-order valence-electron chi connectivity index (χ0n) is 17.0. The van der Waals surface area contributed by atoms with E-state index in [0.29, 0.717) is 24.8 Å². The van der Waals surface area contributed by atoms with Gasteiger partial charge in [-0.05, 0) is 69.2 Å². The number of hydrogen-bond acceptors (Lipinski definition) is 3. The highest BCUT2D eigenvalue weighted by Gasteiger charge is 2.30. The van der Waals surface area contributed by atoms with Gasteiger partial charge in [0, 0.05) is 31.2 Å². The lowest BCUT2D eigenvalue weighted by molar-refractivity contribution is -0.136. The predicted octanol–water partition coefficient (Wildman–Crippen LogP) is 3.22. The van der Waals surface area contributed by atoms with Crippen molar-refractivity contribution in [2.75, 3.05) is 31.5 Å². The number of benzene rings is 1. The fourth-order valence-electron chi connectivity index (χ4n) is 4.42. The standard InChI is InChI=1S/C22H34N4O2/c1-17(18-10-12-23-13-11-18)15-21(27)26-14-6-5-9-20(26)16-24-22(28)25-19-7-3-2-4-8-19/h2-4,7-8,17-18,20,23H,5-6,9-16H2,1H3,(H2,24,25,28). The molecule has 0 bridgehead atoms. The molecule has 2 saturated heterocycles.